The third kappa shape index (κ3) is 3.28. The summed E-state index contributed by atoms with van der Waals surface area (Å²) in [4.78, 5) is 13.6. The maximum Gasteiger partial charge on any atom is 0.410 e. The van der Waals surface area contributed by atoms with Crippen molar-refractivity contribution in [3.8, 4) is 0 Å². The molecule has 100 valence electrons. The molecule has 2 rings (SSSR count). The number of ether oxygens (including phenoxy) is 1. The molecule has 3 nitrogen and oxygen atoms in total. The number of fused-ring (bicyclic) bond motifs is 1. The van der Waals surface area contributed by atoms with Gasteiger partial charge in [-0.3, -0.25) is 0 Å². The molecule has 0 fully saturated rings. The second-order valence-corrected chi connectivity index (χ2v) is 5.79. The first-order valence-corrected chi connectivity index (χ1v) is 6.31. The summed E-state index contributed by atoms with van der Waals surface area (Å²) >= 11 is 0. The summed E-state index contributed by atoms with van der Waals surface area (Å²) in [6.45, 7) is 6.43. The molecule has 0 saturated heterocycles. The molecular formula is C14H17BFNO2. The van der Waals surface area contributed by atoms with E-state index >= 15 is 0 Å². The average molecular weight is 261 g/mol. The number of halogens is 1. The first kappa shape index (κ1) is 13.9. The van der Waals surface area contributed by atoms with Gasteiger partial charge in [-0.25, -0.2) is 9.18 Å². The van der Waals surface area contributed by atoms with Gasteiger partial charge in [0.25, 0.3) is 0 Å². The standard InChI is InChI=1S/C14H17BFNO2/c1-14(2,3)19-13(18)17-5-4-9-7-12(16)11(15)6-10(9)8-17/h6-7H,4-5,8H2,1-3H3. The molecule has 1 aliphatic heterocycles. The van der Waals surface area contributed by atoms with Crippen LogP contribution in [-0.2, 0) is 17.7 Å². The van der Waals surface area contributed by atoms with E-state index < -0.39 is 11.4 Å². The van der Waals surface area contributed by atoms with Gasteiger partial charge in [0.05, 0.1) is 0 Å². The molecular weight excluding hydrogens is 244 g/mol. The third-order valence-corrected chi connectivity index (χ3v) is 2.98. The number of hydrogen-bond donors (Lipinski definition) is 0. The highest BCUT2D eigenvalue weighted by molar-refractivity contribution is 6.32. The Labute approximate surface area is 114 Å². The van der Waals surface area contributed by atoms with Gasteiger partial charge in [-0.05, 0) is 44.4 Å². The number of benzene rings is 1. The van der Waals surface area contributed by atoms with Crippen LogP contribution in [0.5, 0.6) is 0 Å². The minimum absolute atomic E-state index is 0.116. The van der Waals surface area contributed by atoms with Gasteiger partial charge in [0.1, 0.15) is 19.3 Å². The summed E-state index contributed by atoms with van der Waals surface area (Å²) < 4.78 is 18.7. The smallest absolute Gasteiger partial charge is 0.410 e. The number of carbonyl (C=O) groups is 1. The highest BCUT2D eigenvalue weighted by atomic mass is 19.1. The van der Waals surface area contributed by atoms with E-state index in [0.29, 0.717) is 19.5 Å². The summed E-state index contributed by atoms with van der Waals surface area (Å²) in [5.41, 5.74) is 1.39. The zero-order valence-corrected chi connectivity index (χ0v) is 11.5. The van der Waals surface area contributed by atoms with Crippen molar-refractivity contribution in [3.63, 3.8) is 0 Å². The van der Waals surface area contributed by atoms with E-state index in [-0.39, 0.29) is 11.6 Å². The highest BCUT2D eigenvalue weighted by Gasteiger charge is 2.26. The SMILES string of the molecule is [B]c1cc2c(cc1F)CCN(C(=O)OC(C)(C)C)C2. The Bertz CT molecular complexity index is 511. The molecule has 1 aliphatic rings. The van der Waals surface area contributed by atoms with Crippen LogP contribution < -0.4 is 5.46 Å². The second-order valence-electron chi connectivity index (χ2n) is 5.79. The van der Waals surface area contributed by atoms with Crippen molar-refractivity contribution in [2.24, 2.45) is 0 Å². The maximum absolute atomic E-state index is 13.4. The maximum atomic E-state index is 13.4. The zero-order chi connectivity index (χ0) is 14.2. The fourth-order valence-corrected chi connectivity index (χ4v) is 2.08. The molecule has 19 heavy (non-hydrogen) atoms. The highest BCUT2D eigenvalue weighted by Crippen LogP contribution is 2.21. The lowest BCUT2D eigenvalue weighted by Crippen LogP contribution is -2.40. The van der Waals surface area contributed by atoms with Crippen molar-refractivity contribution >= 4 is 19.4 Å². The summed E-state index contributed by atoms with van der Waals surface area (Å²) in [7, 11) is 5.56. The van der Waals surface area contributed by atoms with Gasteiger partial charge in [0.15, 0.2) is 0 Å². The number of rotatable bonds is 0. The molecule has 1 aromatic rings. The number of amides is 1. The molecule has 5 heteroatoms. The van der Waals surface area contributed by atoms with Crippen LogP contribution in [0.2, 0.25) is 0 Å². The number of nitrogens with zero attached hydrogens (tertiary/aromatic N) is 1. The zero-order valence-electron chi connectivity index (χ0n) is 11.5. The largest absolute Gasteiger partial charge is 0.444 e. The van der Waals surface area contributed by atoms with Crippen molar-refractivity contribution in [2.75, 3.05) is 6.54 Å². The van der Waals surface area contributed by atoms with Crippen molar-refractivity contribution in [3.05, 3.63) is 29.1 Å². The molecule has 0 aliphatic carbocycles. The van der Waals surface area contributed by atoms with E-state index in [0.717, 1.165) is 11.1 Å². The number of carbonyl (C=O) groups excluding carboxylic acids is 1. The predicted octanol–water partition coefficient (Wildman–Crippen LogP) is 1.91. The molecule has 0 saturated carbocycles. The molecule has 1 aromatic carbocycles. The Morgan fingerprint density at radius 1 is 1.37 bits per heavy atom. The van der Waals surface area contributed by atoms with Crippen LogP contribution in [0.25, 0.3) is 0 Å². The Kier molecular flexibility index (Phi) is 3.57. The predicted molar refractivity (Wildman–Crippen MR) is 72.1 cm³/mol. The second kappa shape index (κ2) is 4.87. The molecule has 0 spiro atoms. The first-order chi connectivity index (χ1) is 8.76. The van der Waals surface area contributed by atoms with Crippen LogP contribution in [0.1, 0.15) is 31.9 Å². The van der Waals surface area contributed by atoms with Crippen molar-refractivity contribution < 1.29 is 13.9 Å². The minimum Gasteiger partial charge on any atom is -0.444 e. The summed E-state index contributed by atoms with van der Waals surface area (Å²) in [6.07, 6.45) is 0.271. The molecule has 1 amide bonds. The summed E-state index contributed by atoms with van der Waals surface area (Å²) in [5.74, 6) is -0.399. The van der Waals surface area contributed by atoms with Gasteiger partial charge in [-0.15, -0.1) is 0 Å². The van der Waals surface area contributed by atoms with Gasteiger partial charge >= 0.3 is 6.09 Å². The number of hydrogen-bond acceptors (Lipinski definition) is 2. The Morgan fingerprint density at radius 2 is 2.05 bits per heavy atom. The molecule has 0 aromatic heterocycles. The van der Waals surface area contributed by atoms with E-state index in [4.69, 9.17) is 12.6 Å². The Balaban J connectivity index is 2.14. The molecule has 0 unspecified atom stereocenters. The minimum atomic E-state index is -0.515. The fourth-order valence-electron chi connectivity index (χ4n) is 2.08. The molecule has 0 bridgehead atoms. The van der Waals surface area contributed by atoms with E-state index in [1.807, 2.05) is 20.8 Å². The van der Waals surface area contributed by atoms with Crippen LogP contribution in [-0.4, -0.2) is 31.0 Å². The van der Waals surface area contributed by atoms with Gasteiger partial charge in [0, 0.05) is 13.1 Å². The van der Waals surface area contributed by atoms with Crippen LogP contribution in [0.15, 0.2) is 12.1 Å². The Morgan fingerprint density at radius 3 is 2.68 bits per heavy atom. The monoisotopic (exact) mass is 261 g/mol. The molecule has 2 radical (unpaired) electrons. The lowest BCUT2D eigenvalue weighted by atomic mass is 9.89. The quantitative estimate of drug-likeness (QED) is 0.668. The van der Waals surface area contributed by atoms with E-state index in [2.05, 4.69) is 0 Å². The topological polar surface area (TPSA) is 29.5 Å². The summed E-state index contributed by atoms with van der Waals surface area (Å²) in [5, 5.41) is 0. The average Bonchev–Trinajstić information content (AvgIpc) is 2.27. The Hall–Kier alpha value is -1.52. The summed E-state index contributed by atoms with van der Waals surface area (Å²) in [6, 6.07) is 3.05. The van der Waals surface area contributed by atoms with Crippen molar-refractivity contribution in [1.82, 2.24) is 4.90 Å². The van der Waals surface area contributed by atoms with Crippen LogP contribution in [0, 0.1) is 5.82 Å². The van der Waals surface area contributed by atoms with Crippen LogP contribution in [0.4, 0.5) is 9.18 Å². The molecule has 0 N–H and O–H groups in total. The van der Waals surface area contributed by atoms with E-state index in [9.17, 15) is 9.18 Å². The van der Waals surface area contributed by atoms with Gasteiger partial charge < -0.3 is 9.64 Å². The first-order valence-electron chi connectivity index (χ1n) is 6.31. The van der Waals surface area contributed by atoms with Crippen LogP contribution in [0.3, 0.4) is 0 Å². The fraction of sp³-hybridized carbons (Fsp3) is 0.500. The molecule has 0 atom stereocenters. The van der Waals surface area contributed by atoms with E-state index in [1.54, 1.807) is 11.0 Å². The lowest BCUT2D eigenvalue weighted by molar-refractivity contribution is 0.0224. The lowest BCUT2D eigenvalue weighted by Gasteiger charge is -2.31. The van der Waals surface area contributed by atoms with Crippen molar-refractivity contribution in [1.29, 1.82) is 0 Å². The van der Waals surface area contributed by atoms with Gasteiger partial charge in [0.2, 0.25) is 0 Å². The van der Waals surface area contributed by atoms with Crippen molar-refractivity contribution in [2.45, 2.75) is 39.3 Å². The third-order valence-electron chi connectivity index (χ3n) is 2.98. The van der Waals surface area contributed by atoms with E-state index in [1.165, 1.54) is 6.07 Å². The molecule has 1 heterocycles. The van der Waals surface area contributed by atoms with Gasteiger partial charge in [-0.1, -0.05) is 11.5 Å². The van der Waals surface area contributed by atoms with Gasteiger partial charge in [-0.2, -0.15) is 0 Å². The van der Waals surface area contributed by atoms with Crippen LogP contribution >= 0.6 is 0 Å². The normalized spacial score (nSPS) is 15.1.